The molecule has 8 rings (SSSR count). The lowest BCUT2D eigenvalue weighted by atomic mass is 9.68. The second kappa shape index (κ2) is 14.1. The molecule has 1 unspecified atom stereocenters. The lowest BCUT2D eigenvalue weighted by molar-refractivity contribution is 0.0124. The van der Waals surface area contributed by atoms with E-state index in [4.69, 9.17) is 25.8 Å². The van der Waals surface area contributed by atoms with E-state index in [1.807, 2.05) is 24.3 Å². The van der Waals surface area contributed by atoms with Gasteiger partial charge >= 0.3 is 0 Å². The fourth-order valence-electron chi connectivity index (χ4n) is 8.47. The van der Waals surface area contributed by atoms with E-state index in [9.17, 15) is 9.00 Å². The van der Waals surface area contributed by atoms with Crippen LogP contribution >= 0.6 is 11.6 Å². The van der Waals surface area contributed by atoms with Crippen LogP contribution in [0.3, 0.4) is 0 Å². The summed E-state index contributed by atoms with van der Waals surface area (Å²) in [5.41, 5.74) is 3.90. The van der Waals surface area contributed by atoms with Gasteiger partial charge in [0.1, 0.15) is 22.0 Å². The number of aromatic nitrogens is 4. The van der Waals surface area contributed by atoms with E-state index < -0.39 is 15.8 Å². The highest BCUT2D eigenvalue weighted by atomic mass is 35.5. The number of amides is 1. The number of aryl methyl sites for hydroxylation is 2. The Morgan fingerprint density at radius 1 is 1.08 bits per heavy atom. The first kappa shape index (κ1) is 35.0. The van der Waals surface area contributed by atoms with Gasteiger partial charge < -0.3 is 19.1 Å². The molecule has 12 nitrogen and oxygen atoms in total. The monoisotopic (exact) mass is 745 g/mol. The molecule has 0 radical (unpaired) electrons. The zero-order valence-electron chi connectivity index (χ0n) is 29.7. The summed E-state index contributed by atoms with van der Waals surface area (Å²) in [6, 6.07) is 11.7. The first-order valence-corrected chi connectivity index (χ1v) is 20.0. The maximum absolute atomic E-state index is 14.8. The zero-order valence-corrected chi connectivity index (χ0v) is 31.2. The molecule has 2 aromatic heterocycles. The Hall–Kier alpha value is -4.04. The van der Waals surface area contributed by atoms with Crippen LogP contribution in [0, 0.1) is 11.8 Å². The van der Waals surface area contributed by atoms with Crippen molar-refractivity contribution in [1.82, 2.24) is 19.7 Å². The minimum atomic E-state index is -3.42. The highest BCUT2D eigenvalue weighted by molar-refractivity contribution is 7.95. The van der Waals surface area contributed by atoms with Crippen molar-refractivity contribution in [2.75, 3.05) is 49.3 Å². The van der Waals surface area contributed by atoms with Crippen LogP contribution in [0.15, 0.2) is 65.4 Å². The number of hydrogen-bond donors (Lipinski definition) is 1. The average Bonchev–Trinajstić information content (AvgIpc) is 3.44. The first-order chi connectivity index (χ1) is 25.2. The molecule has 1 saturated carbocycles. The topological polar surface area (TPSA) is 133 Å². The van der Waals surface area contributed by atoms with Crippen LogP contribution in [-0.4, -0.2) is 81.7 Å². The van der Waals surface area contributed by atoms with E-state index in [2.05, 4.69) is 47.3 Å². The second-order valence-corrected chi connectivity index (χ2v) is 17.1. The van der Waals surface area contributed by atoms with Crippen LogP contribution in [-0.2, 0) is 38.3 Å². The first-order valence-electron chi connectivity index (χ1n) is 17.9. The molecule has 2 aliphatic heterocycles. The van der Waals surface area contributed by atoms with Crippen LogP contribution in [0.2, 0.25) is 5.02 Å². The molecular weight excluding hydrogens is 702 g/mol. The van der Waals surface area contributed by atoms with E-state index in [1.165, 1.54) is 17.5 Å². The van der Waals surface area contributed by atoms with Crippen molar-refractivity contribution in [3.8, 4) is 5.75 Å². The maximum Gasteiger partial charge on any atom is 0.286 e. The fourth-order valence-corrected chi connectivity index (χ4v) is 10.3. The molecule has 0 saturated heterocycles. The highest BCUT2D eigenvalue weighted by Gasteiger charge is 2.44. The van der Waals surface area contributed by atoms with Gasteiger partial charge in [0.15, 0.2) is 11.5 Å². The van der Waals surface area contributed by atoms with Gasteiger partial charge in [0.2, 0.25) is 0 Å². The van der Waals surface area contributed by atoms with Gasteiger partial charge in [0.25, 0.3) is 5.91 Å². The summed E-state index contributed by atoms with van der Waals surface area (Å²) in [4.78, 5) is 25.1. The number of methoxy groups -OCH3 is 2. The summed E-state index contributed by atoms with van der Waals surface area (Å²) < 4.78 is 42.4. The lowest BCUT2D eigenvalue weighted by Crippen LogP contribution is -2.49. The largest absolute Gasteiger partial charge is 0.490 e. The molecular formula is C38H44ClN7O5S. The van der Waals surface area contributed by atoms with E-state index in [-0.39, 0.29) is 29.2 Å². The van der Waals surface area contributed by atoms with E-state index >= 15 is 0 Å². The summed E-state index contributed by atoms with van der Waals surface area (Å²) in [5.74, 6) is 1.10. The lowest BCUT2D eigenvalue weighted by Gasteiger charge is -2.46. The number of fused-ring (bicyclic) bond motifs is 5. The molecule has 6 atom stereocenters. The number of nitrogens with one attached hydrogen (secondary N) is 1. The van der Waals surface area contributed by atoms with Crippen molar-refractivity contribution in [2.24, 2.45) is 23.2 Å². The molecule has 2 aromatic carbocycles. The number of benzene rings is 2. The smallest absolute Gasteiger partial charge is 0.286 e. The summed E-state index contributed by atoms with van der Waals surface area (Å²) in [6.45, 7) is 2.01. The van der Waals surface area contributed by atoms with Crippen LogP contribution in [0.25, 0.3) is 11.0 Å². The number of nitrogens with zero attached hydrogens (tertiary/aromatic N) is 6. The Balaban J connectivity index is 1.23. The van der Waals surface area contributed by atoms with Crippen LogP contribution < -0.4 is 14.4 Å². The maximum atomic E-state index is 14.8. The van der Waals surface area contributed by atoms with E-state index in [1.54, 1.807) is 38.2 Å². The molecule has 1 fully saturated rings. The molecule has 274 valence electrons. The Bertz CT molecular complexity index is 2170. The van der Waals surface area contributed by atoms with Crippen LogP contribution in [0.1, 0.15) is 53.6 Å². The molecule has 2 bridgehead atoms. The van der Waals surface area contributed by atoms with E-state index in [0.717, 1.165) is 61.7 Å². The molecule has 1 amide bonds. The predicted octanol–water partition coefficient (Wildman–Crippen LogP) is 6.14. The molecule has 4 aromatic rings. The minimum absolute atomic E-state index is 0.0170. The van der Waals surface area contributed by atoms with Gasteiger partial charge in [-0.05, 0) is 91.8 Å². The zero-order chi connectivity index (χ0) is 36.0. The molecule has 4 aliphatic rings. The Morgan fingerprint density at radius 3 is 2.77 bits per heavy atom. The van der Waals surface area contributed by atoms with Gasteiger partial charge in [0.05, 0.1) is 35.6 Å². The summed E-state index contributed by atoms with van der Waals surface area (Å²) >= 11 is 6.47. The van der Waals surface area contributed by atoms with Crippen molar-refractivity contribution >= 4 is 50.0 Å². The van der Waals surface area contributed by atoms with Gasteiger partial charge in [-0.1, -0.05) is 29.8 Å². The Labute approximate surface area is 309 Å². The van der Waals surface area contributed by atoms with Gasteiger partial charge in [-0.25, -0.2) is 14.2 Å². The second-order valence-electron chi connectivity index (χ2n) is 14.5. The summed E-state index contributed by atoms with van der Waals surface area (Å²) in [6.07, 6.45) is 12.1. The molecule has 2 aliphatic carbocycles. The van der Waals surface area contributed by atoms with Crippen molar-refractivity contribution in [2.45, 2.75) is 56.1 Å². The molecule has 14 heteroatoms. The predicted molar refractivity (Wildman–Crippen MR) is 201 cm³/mol. The molecule has 1 spiro atoms. The average molecular weight is 746 g/mol. The SMILES string of the molecule is CO[C@H]1/C=C/[C@H](OC)CCS(=O)(Nc2ncnc3nn(C)cc23)=NC(=O)c2ccc3c(c2)N(C[C@@H]2CC[C@H]21)C[C@@]1(CCCc2cc(Cl)ccc21)CO3. The third kappa shape index (κ3) is 6.68. The van der Waals surface area contributed by atoms with Crippen molar-refractivity contribution < 1.29 is 23.2 Å². The molecule has 52 heavy (non-hydrogen) atoms. The number of carbonyl (C=O) groups is 1. The van der Waals surface area contributed by atoms with Gasteiger partial charge in [-0.15, -0.1) is 4.36 Å². The van der Waals surface area contributed by atoms with Crippen molar-refractivity contribution in [1.29, 1.82) is 0 Å². The highest BCUT2D eigenvalue weighted by Crippen LogP contribution is 2.47. The number of carbonyl (C=O) groups excluding carboxylic acids is 1. The minimum Gasteiger partial charge on any atom is -0.490 e. The number of rotatable bonds is 4. The van der Waals surface area contributed by atoms with Gasteiger partial charge in [-0.2, -0.15) is 5.10 Å². The Morgan fingerprint density at radius 2 is 1.96 bits per heavy atom. The van der Waals surface area contributed by atoms with E-state index in [0.29, 0.717) is 41.5 Å². The summed E-state index contributed by atoms with van der Waals surface area (Å²) in [7, 11) is 1.73. The van der Waals surface area contributed by atoms with Crippen molar-refractivity contribution in [3.63, 3.8) is 0 Å². The third-order valence-corrected chi connectivity index (χ3v) is 13.3. The van der Waals surface area contributed by atoms with Gasteiger partial charge in [-0.3, -0.25) is 14.2 Å². The number of hydrogen-bond acceptors (Lipinski definition) is 9. The summed E-state index contributed by atoms with van der Waals surface area (Å²) in [5, 5.41) is 5.67. The fraction of sp³-hybridized carbons (Fsp3) is 0.474. The molecule has 1 N–H and O–H groups in total. The van der Waals surface area contributed by atoms with Crippen LogP contribution in [0.5, 0.6) is 5.75 Å². The quantitative estimate of drug-likeness (QED) is 0.245. The normalized spacial score (nSPS) is 29.6. The number of ether oxygens (including phenoxy) is 3. The Kier molecular flexibility index (Phi) is 9.48. The third-order valence-electron chi connectivity index (χ3n) is 11.3. The van der Waals surface area contributed by atoms with Crippen LogP contribution in [0.4, 0.5) is 11.5 Å². The number of halogens is 1. The van der Waals surface area contributed by atoms with Gasteiger partial charge in [0, 0.05) is 56.6 Å². The molecule has 4 heterocycles. The standard InChI is InChI=1S/C38H44ClN7O5S/c1-45-20-30-35(42-45)40-23-41-36(30)43-52(48)16-14-28(49-2)9-13-33(50-3)29-10-6-26(29)19-46-21-38(15-4-5-24-17-27(39)8-11-31(24)38)22-51-34-12-7-25(18-32(34)46)37(47)44-52/h7-9,11-13,17-18,20,23,26,28-29,33H,4-6,10,14-16,19,21-22H2,1-3H3,(H,40,41,42,43,44,47,48)/b13-9+/t26-,28-,29+,33-,38-,52?/m0/s1. The number of anilines is 2. The van der Waals surface area contributed by atoms with Crippen molar-refractivity contribution in [3.05, 3.63) is 82.8 Å².